The molecular weight excluding hydrogens is 414 g/mol. The first-order valence-electron chi connectivity index (χ1n) is 12.4. The summed E-state index contributed by atoms with van der Waals surface area (Å²) in [4.78, 5) is 0. The predicted molar refractivity (Wildman–Crippen MR) is 145 cm³/mol. The zero-order chi connectivity index (χ0) is 23.3. The minimum Gasteiger partial charge on any atom is -0.200 e. The van der Waals surface area contributed by atoms with Crippen molar-refractivity contribution in [2.45, 2.75) is 58.7 Å². The summed E-state index contributed by atoms with van der Waals surface area (Å²) in [6, 6.07) is 23.2. The Kier molecular flexibility index (Phi) is 5.53. The van der Waals surface area contributed by atoms with Crippen molar-refractivity contribution in [1.29, 1.82) is 0 Å². The fraction of sp³-hybridized carbons (Fsp3) is 0.323. The van der Waals surface area contributed by atoms with Crippen LogP contribution in [-0.4, -0.2) is 8.07 Å². The molecule has 0 N–H and O–H groups in total. The molecule has 1 aliphatic rings. The molecule has 0 saturated heterocycles. The van der Waals surface area contributed by atoms with Crippen molar-refractivity contribution in [2.75, 3.05) is 0 Å². The van der Waals surface area contributed by atoms with Crippen molar-refractivity contribution in [1.82, 2.24) is 0 Å². The summed E-state index contributed by atoms with van der Waals surface area (Å²) in [6.07, 6.45) is 6.51. The number of aromatic nitrogens is 1. The second-order valence-electron chi connectivity index (χ2n) is 10.7. The van der Waals surface area contributed by atoms with E-state index >= 15 is 0 Å². The van der Waals surface area contributed by atoms with Crippen LogP contribution in [0.15, 0.2) is 66.9 Å². The third-order valence-electron chi connectivity index (χ3n) is 8.26. The molecule has 0 bridgehead atoms. The van der Waals surface area contributed by atoms with E-state index in [4.69, 9.17) is 0 Å². The number of nitrogens with zero attached hydrogens (tertiary/aromatic N) is 1. The van der Waals surface area contributed by atoms with Crippen LogP contribution in [0.3, 0.4) is 0 Å². The molecule has 1 nitrogen and oxygen atoms in total. The SMILES string of the molecule is Cc1cc(-c2c(C)cccc2C)ccc1-c1c2ccc([Si](C)(C)C3CCC3)cc2cc[n+]1C. The average molecular weight is 451 g/mol. The van der Waals surface area contributed by atoms with Crippen LogP contribution in [-0.2, 0) is 7.05 Å². The lowest BCUT2D eigenvalue weighted by Gasteiger charge is -2.39. The first-order chi connectivity index (χ1) is 15.8. The second-order valence-corrected chi connectivity index (χ2v) is 15.6. The van der Waals surface area contributed by atoms with E-state index in [0.717, 1.165) is 5.54 Å². The Morgan fingerprint density at radius 1 is 0.818 bits per heavy atom. The number of hydrogen-bond donors (Lipinski definition) is 0. The van der Waals surface area contributed by atoms with Crippen LogP contribution in [0.5, 0.6) is 0 Å². The zero-order valence-corrected chi connectivity index (χ0v) is 22.0. The zero-order valence-electron chi connectivity index (χ0n) is 21.0. The van der Waals surface area contributed by atoms with Crippen LogP contribution in [0.4, 0.5) is 0 Å². The smallest absolute Gasteiger partial charge is 0.200 e. The lowest BCUT2D eigenvalue weighted by molar-refractivity contribution is -0.659. The van der Waals surface area contributed by atoms with Crippen LogP contribution < -0.4 is 9.75 Å². The Hall–Kier alpha value is -2.71. The molecule has 1 aliphatic carbocycles. The lowest BCUT2D eigenvalue weighted by Crippen LogP contribution is -2.48. The summed E-state index contributed by atoms with van der Waals surface area (Å²) >= 11 is 0. The van der Waals surface area contributed by atoms with Crippen molar-refractivity contribution in [2.24, 2.45) is 7.05 Å². The van der Waals surface area contributed by atoms with E-state index in [-0.39, 0.29) is 0 Å². The van der Waals surface area contributed by atoms with Crippen molar-refractivity contribution in [3.8, 4) is 22.4 Å². The Labute approximate surface area is 200 Å². The summed E-state index contributed by atoms with van der Waals surface area (Å²) in [7, 11) is 0.778. The van der Waals surface area contributed by atoms with E-state index in [1.54, 1.807) is 5.19 Å². The van der Waals surface area contributed by atoms with Gasteiger partial charge < -0.3 is 0 Å². The van der Waals surface area contributed by atoms with Gasteiger partial charge in [0.2, 0.25) is 5.69 Å². The highest BCUT2D eigenvalue weighted by atomic mass is 28.3. The van der Waals surface area contributed by atoms with Gasteiger partial charge in [0.25, 0.3) is 0 Å². The summed E-state index contributed by atoms with van der Waals surface area (Å²) < 4.78 is 2.29. The molecule has 168 valence electrons. The molecule has 0 aliphatic heterocycles. The lowest BCUT2D eigenvalue weighted by atomic mass is 9.92. The Morgan fingerprint density at radius 2 is 1.55 bits per heavy atom. The van der Waals surface area contributed by atoms with Gasteiger partial charge in [-0.3, -0.25) is 0 Å². The maximum Gasteiger partial charge on any atom is 0.220 e. The fourth-order valence-corrected chi connectivity index (χ4v) is 9.19. The van der Waals surface area contributed by atoms with Gasteiger partial charge in [-0.05, 0) is 71.6 Å². The van der Waals surface area contributed by atoms with Crippen LogP contribution >= 0.6 is 0 Å². The number of aryl methyl sites for hydroxylation is 4. The standard InChI is InChI=1S/C31H36NSi/c1-21-9-7-10-22(2)30(21)25-13-15-28(23(3)19-25)31-29-16-14-27(20-24(29)17-18-32(31)4)33(5,6)26-11-8-12-26/h7,9-10,13-20,26H,8,11-12H2,1-6H3/q+1. The minimum atomic E-state index is -1.40. The van der Waals surface area contributed by atoms with E-state index in [0.29, 0.717) is 0 Å². The molecule has 1 saturated carbocycles. The van der Waals surface area contributed by atoms with E-state index in [2.05, 4.69) is 112 Å². The molecule has 5 rings (SSSR count). The molecule has 0 radical (unpaired) electrons. The highest BCUT2D eigenvalue weighted by molar-refractivity contribution is 6.91. The first-order valence-corrected chi connectivity index (χ1v) is 15.5. The van der Waals surface area contributed by atoms with Crippen molar-refractivity contribution >= 4 is 24.0 Å². The first kappa shape index (κ1) is 22.1. The Bertz CT molecular complexity index is 1340. The number of pyridine rings is 1. The molecule has 0 unspecified atom stereocenters. The van der Waals surface area contributed by atoms with Gasteiger partial charge >= 0.3 is 0 Å². The van der Waals surface area contributed by atoms with Gasteiger partial charge in [-0.2, -0.15) is 0 Å². The average Bonchev–Trinajstić information content (AvgIpc) is 2.72. The summed E-state index contributed by atoms with van der Waals surface area (Å²) in [5.74, 6) is 0. The number of fused-ring (bicyclic) bond motifs is 1. The molecular formula is C31H36NSi+. The van der Waals surface area contributed by atoms with Gasteiger partial charge in [-0.1, -0.05) is 80.0 Å². The van der Waals surface area contributed by atoms with Crippen LogP contribution in [0.2, 0.25) is 18.6 Å². The molecule has 4 aromatic rings. The van der Waals surface area contributed by atoms with E-state index < -0.39 is 8.07 Å². The van der Waals surface area contributed by atoms with Gasteiger partial charge in [0.1, 0.15) is 7.05 Å². The fourth-order valence-electron chi connectivity index (χ4n) is 5.83. The van der Waals surface area contributed by atoms with Crippen LogP contribution in [0.1, 0.15) is 36.0 Å². The van der Waals surface area contributed by atoms with Crippen molar-refractivity contribution in [3.63, 3.8) is 0 Å². The summed E-state index contributed by atoms with van der Waals surface area (Å²) in [6.45, 7) is 11.8. The van der Waals surface area contributed by atoms with Crippen LogP contribution in [0.25, 0.3) is 33.2 Å². The molecule has 2 heteroatoms. The number of hydrogen-bond acceptors (Lipinski definition) is 0. The molecule has 0 spiro atoms. The molecule has 1 heterocycles. The topological polar surface area (TPSA) is 3.88 Å². The van der Waals surface area contributed by atoms with Gasteiger partial charge in [-0.15, -0.1) is 0 Å². The quantitative estimate of drug-likeness (QED) is 0.225. The van der Waals surface area contributed by atoms with Crippen LogP contribution in [0, 0.1) is 20.8 Å². The number of rotatable bonds is 4. The Balaban J connectivity index is 1.62. The summed E-state index contributed by atoms with van der Waals surface area (Å²) in [5, 5.41) is 4.34. The largest absolute Gasteiger partial charge is 0.220 e. The molecule has 0 atom stereocenters. The Morgan fingerprint density at radius 3 is 2.18 bits per heavy atom. The van der Waals surface area contributed by atoms with Crippen molar-refractivity contribution in [3.05, 3.63) is 83.6 Å². The third kappa shape index (κ3) is 3.75. The molecule has 3 aromatic carbocycles. The van der Waals surface area contributed by atoms with E-state index in [1.165, 1.54) is 69.1 Å². The highest BCUT2D eigenvalue weighted by Crippen LogP contribution is 2.41. The van der Waals surface area contributed by atoms with Gasteiger partial charge in [0.05, 0.1) is 13.5 Å². The maximum absolute atomic E-state index is 2.57. The minimum absolute atomic E-state index is 0.953. The molecule has 33 heavy (non-hydrogen) atoms. The van der Waals surface area contributed by atoms with E-state index in [1.807, 2.05) is 0 Å². The van der Waals surface area contributed by atoms with Gasteiger partial charge in [-0.25, -0.2) is 4.57 Å². The second kappa shape index (κ2) is 8.25. The van der Waals surface area contributed by atoms with Crippen molar-refractivity contribution < 1.29 is 4.57 Å². The molecule has 0 amide bonds. The molecule has 1 fully saturated rings. The highest BCUT2D eigenvalue weighted by Gasteiger charge is 2.37. The third-order valence-corrected chi connectivity index (χ3v) is 12.7. The number of benzene rings is 3. The van der Waals surface area contributed by atoms with Gasteiger partial charge in [0, 0.05) is 11.6 Å². The maximum atomic E-state index is 2.57. The monoisotopic (exact) mass is 450 g/mol. The summed E-state index contributed by atoms with van der Waals surface area (Å²) in [5.41, 5.74) is 10.3. The van der Waals surface area contributed by atoms with E-state index in [9.17, 15) is 0 Å². The van der Waals surface area contributed by atoms with Gasteiger partial charge in [0.15, 0.2) is 6.20 Å². The predicted octanol–water partition coefficient (Wildman–Crippen LogP) is 7.39. The normalized spacial score (nSPS) is 14.5. The molecule has 1 aromatic heterocycles.